The highest BCUT2D eigenvalue weighted by molar-refractivity contribution is 7.99. The van der Waals surface area contributed by atoms with Crippen molar-refractivity contribution in [2.75, 3.05) is 23.0 Å². The third kappa shape index (κ3) is 3.22. The molecule has 3 nitrogen and oxygen atoms in total. The van der Waals surface area contributed by atoms with Crippen LogP contribution in [-0.4, -0.2) is 17.5 Å². The molecule has 1 aromatic rings. The van der Waals surface area contributed by atoms with Crippen LogP contribution >= 0.6 is 11.8 Å². The lowest BCUT2D eigenvalue weighted by Crippen LogP contribution is -2.27. The number of benzene rings is 1. The van der Waals surface area contributed by atoms with E-state index >= 15 is 0 Å². The van der Waals surface area contributed by atoms with Crippen LogP contribution in [0.5, 0.6) is 0 Å². The monoisotopic (exact) mass is 251 g/mol. The van der Waals surface area contributed by atoms with Gasteiger partial charge in [-0.05, 0) is 50.1 Å². The first kappa shape index (κ1) is 12.4. The Kier molecular flexibility index (Phi) is 4.05. The molecule has 0 radical (unpaired) electrons. The lowest BCUT2D eigenvalue weighted by atomic mass is 9.95. The Labute approximate surface area is 107 Å². The zero-order valence-electron chi connectivity index (χ0n) is 10.3. The number of rotatable bonds is 3. The second-order valence-corrected chi connectivity index (χ2v) is 5.84. The van der Waals surface area contributed by atoms with E-state index < -0.39 is 0 Å². The molecule has 0 aliphatic heterocycles. The molecule has 5 N–H and O–H groups in total. The summed E-state index contributed by atoms with van der Waals surface area (Å²) in [6.07, 6.45) is 7.32. The van der Waals surface area contributed by atoms with Crippen LogP contribution in [0.25, 0.3) is 0 Å². The summed E-state index contributed by atoms with van der Waals surface area (Å²) in [5.41, 5.74) is 13.9. The summed E-state index contributed by atoms with van der Waals surface area (Å²) in [7, 11) is 0. The molecule has 1 aliphatic rings. The van der Waals surface area contributed by atoms with Gasteiger partial charge in [0.05, 0.1) is 11.4 Å². The highest BCUT2D eigenvalue weighted by Crippen LogP contribution is 2.29. The van der Waals surface area contributed by atoms with E-state index in [0.717, 1.165) is 10.9 Å². The van der Waals surface area contributed by atoms with Gasteiger partial charge in [-0.25, -0.2) is 0 Å². The van der Waals surface area contributed by atoms with Crippen molar-refractivity contribution in [2.24, 2.45) is 0 Å². The van der Waals surface area contributed by atoms with Crippen LogP contribution in [0.2, 0.25) is 0 Å². The highest BCUT2D eigenvalue weighted by atomic mass is 32.2. The predicted octanol–water partition coefficient (Wildman–Crippen LogP) is 2.94. The second kappa shape index (κ2) is 5.54. The summed E-state index contributed by atoms with van der Waals surface area (Å²) in [5.74, 6) is 0. The minimum Gasteiger partial charge on any atom is -0.397 e. The van der Waals surface area contributed by atoms with E-state index in [0.29, 0.717) is 17.4 Å². The molecule has 1 saturated carbocycles. The van der Waals surface area contributed by atoms with E-state index in [2.05, 4.69) is 11.6 Å². The molecule has 0 amide bonds. The molecule has 0 heterocycles. The van der Waals surface area contributed by atoms with Crippen molar-refractivity contribution in [1.82, 2.24) is 0 Å². The summed E-state index contributed by atoms with van der Waals surface area (Å²) in [4.78, 5) is 0. The molecule has 0 aromatic heterocycles. The topological polar surface area (TPSA) is 64.1 Å². The largest absolute Gasteiger partial charge is 0.397 e. The molecule has 0 atom stereocenters. The maximum atomic E-state index is 5.80. The van der Waals surface area contributed by atoms with Crippen molar-refractivity contribution in [3.63, 3.8) is 0 Å². The fraction of sp³-hybridized carbons (Fsp3) is 0.538. The molecular formula is C13H21N3S. The van der Waals surface area contributed by atoms with Crippen molar-refractivity contribution in [3.05, 3.63) is 18.2 Å². The van der Waals surface area contributed by atoms with Gasteiger partial charge in [-0.15, -0.1) is 0 Å². The summed E-state index contributed by atoms with van der Waals surface area (Å²) in [6, 6.07) is 6.38. The fourth-order valence-corrected chi connectivity index (χ4v) is 3.09. The smallest absolute Gasteiger partial charge is 0.0568 e. The Bertz CT molecular complexity index is 373. The second-order valence-electron chi connectivity index (χ2n) is 4.70. The van der Waals surface area contributed by atoms with Crippen LogP contribution in [0, 0.1) is 0 Å². The molecule has 2 rings (SSSR count). The van der Waals surface area contributed by atoms with Crippen molar-refractivity contribution < 1.29 is 0 Å². The van der Waals surface area contributed by atoms with E-state index in [4.69, 9.17) is 11.5 Å². The summed E-state index contributed by atoms with van der Waals surface area (Å²) in [5, 5.41) is 4.40. The summed E-state index contributed by atoms with van der Waals surface area (Å²) in [6.45, 7) is 0. The van der Waals surface area contributed by atoms with Gasteiger partial charge in [0.1, 0.15) is 0 Å². The van der Waals surface area contributed by atoms with Gasteiger partial charge in [0, 0.05) is 17.0 Å². The van der Waals surface area contributed by atoms with Crippen LogP contribution in [-0.2, 0) is 0 Å². The van der Waals surface area contributed by atoms with Crippen molar-refractivity contribution >= 4 is 28.8 Å². The van der Waals surface area contributed by atoms with Gasteiger partial charge in [-0.1, -0.05) is 0 Å². The Balaban J connectivity index is 1.91. The highest BCUT2D eigenvalue weighted by Gasteiger charge is 2.20. The number of hydrogen-bond donors (Lipinski definition) is 3. The molecule has 1 fully saturated rings. The first-order valence-corrected chi connectivity index (χ1v) is 7.42. The molecule has 0 spiro atoms. The van der Waals surface area contributed by atoms with E-state index in [1.165, 1.54) is 25.7 Å². The van der Waals surface area contributed by atoms with Crippen LogP contribution in [0.3, 0.4) is 0 Å². The number of hydrogen-bond acceptors (Lipinski definition) is 4. The minimum atomic E-state index is 0.585. The van der Waals surface area contributed by atoms with Gasteiger partial charge in [0.2, 0.25) is 0 Å². The fourth-order valence-electron chi connectivity index (χ4n) is 2.34. The molecule has 0 saturated heterocycles. The molecule has 0 bridgehead atoms. The summed E-state index contributed by atoms with van der Waals surface area (Å²) < 4.78 is 0. The molecule has 0 unspecified atom stereocenters. The molecule has 17 heavy (non-hydrogen) atoms. The third-order valence-electron chi connectivity index (χ3n) is 3.47. The van der Waals surface area contributed by atoms with E-state index in [9.17, 15) is 0 Å². The number of nitrogens with one attached hydrogen (secondary N) is 1. The predicted molar refractivity (Wildman–Crippen MR) is 78.4 cm³/mol. The maximum absolute atomic E-state index is 5.80. The standard InChI is InChI=1S/C13H21N3S/c1-17-11-5-2-9(3-6-11)16-10-4-7-12(14)13(15)8-10/h4,7-9,11,16H,2-3,5-6,14-15H2,1H3. The van der Waals surface area contributed by atoms with Gasteiger partial charge in [-0.3, -0.25) is 0 Å². The zero-order chi connectivity index (χ0) is 12.3. The number of nitrogen functional groups attached to an aromatic ring is 2. The van der Waals surface area contributed by atoms with Gasteiger partial charge in [-0.2, -0.15) is 11.8 Å². The Hall–Kier alpha value is -1.03. The zero-order valence-corrected chi connectivity index (χ0v) is 11.1. The van der Waals surface area contributed by atoms with Gasteiger partial charge in [0.15, 0.2) is 0 Å². The van der Waals surface area contributed by atoms with Crippen LogP contribution < -0.4 is 16.8 Å². The Morgan fingerprint density at radius 3 is 2.41 bits per heavy atom. The van der Waals surface area contributed by atoms with E-state index in [-0.39, 0.29) is 0 Å². The first-order chi connectivity index (χ1) is 8.19. The average Bonchev–Trinajstić information content (AvgIpc) is 2.35. The lowest BCUT2D eigenvalue weighted by molar-refractivity contribution is 0.473. The first-order valence-electron chi connectivity index (χ1n) is 6.13. The molecule has 1 aromatic carbocycles. The lowest BCUT2D eigenvalue weighted by Gasteiger charge is -2.28. The van der Waals surface area contributed by atoms with Crippen LogP contribution in [0.15, 0.2) is 18.2 Å². The van der Waals surface area contributed by atoms with Gasteiger partial charge < -0.3 is 16.8 Å². The Morgan fingerprint density at radius 1 is 1.12 bits per heavy atom. The average molecular weight is 251 g/mol. The Morgan fingerprint density at radius 2 is 1.82 bits per heavy atom. The normalized spacial score (nSPS) is 24.5. The molecular weight excluding hydrogens is 230 g/mol. The number of anilines is 3. The van der Waals surface area contributed by atoms with E-state index in [1.54, 1.807) is 0 Å². The maximum Gasteiger partial charge on any atom is 0.0568 e. The molecule has 94 valence electrons. The molecule has 1 aliphatic carbocycles. The SMILES string of the molecule is CSC1CCC(Nc2ccc(N)c(N)c2)CC1. The van der Waals surface area contributed by atoms with Crippen LogP contribution in [0.1, 0.15) is 25.7 Å². The number of thioether (sulfide) groups is 1. The van der Waals surface area contributed by atoms with Crippen molar-refractivity contribution in [2.45, 2.75) is 37.0 Å². The quantitative estimate of drug-likeness (QED) is 0.723. The summed E-state index contributed by atoms with van der Waals surface area (Å²) >= 11 is 1.99. The van der Waals surface area contributed by atoms with Gasteiger partial charge >= 0.3 is 0 Å². The van der Waals surface area contributed by atoms with E-state index in [1.807, 2.05) is 30.0 Å². The third-order valence-corrected chi connectivity index (χ3v) is 4.60. The molecule has 4 heteroatoms. The number of nitrogens with two attached hydrogens (primary N) is 2. The van der Waals surface area contributed by atoms with Gasteiger partial charge in [0.25, 0.3) is 0 Å². The van der Waals surface area contributed by atoms with Crippen molar-refractivity contribution in [3.8, 4) is 0 Å². The minimum absolute atomic E-state index is 0.585. The van der Waals surface area contributed by atoms with Crippen LogP contribution in [0.4, 0.5) is 17.1 Å². The van der Waals surface area contributed by atoms with Crippen molar-refractivity contribution in [1.29, 1.82) is 0 Å².